The van der Waals surface area contributed by atoms with Gasteiger partial charge in [0, 0.05) is 0 Å². The Morgan fingerprint density at radius 3 is 1.80 bits per heavy atom. The Kier molecular flexibility index (Phi) is 2.48. The number of carboxylic acid groups (broad SMARTS) is 1. The van der Waals surface area contributed by atoms with Gasteiger partial charge >= 0.3 is 5.97 Å². The summed E-state index contributed by atoms with van der Waals surface area (Å²) in [6.45, 7) is 12.7. The molecule has 0 aromatic heterocycles. The molecule has 0 bridgehead atoms. The number of aliphatic carboxylic acids is 1. The molecular weight excluding hydrogens is 190 g/mol. The van der Waals surface area contributed by atoms with Gasteiger partial charge in [-0.25, -0.2) is 0 Å². The average Bonchev–Trinajstić information content (AvgIpc) is 2.41. The van der Waals surface area contributed by atoms with E-state index >= 15 is 0 Å². The molecule has 1 rings (SSSR count). The smallest absolute Gasteiger partial charge is 0.321 e. The first-order chi connectivity index (χ1) is 6.47. The van der Waals surface area contributed by atoms with Gasteiger partial charge in [-0.05, 0) is 22.2 Å². The minimum atomic E-state index is -0.904. The van der Waals surface area contributed by atoms with Crippen LogP contribution in [0.5, 0.6) is 0 Å². The molecule has 3 heteroatoms. The summed E-state index contributed by atoms with van der Waals surface area (Å²) in [5.74, 6) is -0.554. The summed E-state index contributed by atoms with van der Waals surface area (Å²) in [6.07, 6.45) is 0. The Labute approximate surface area is 92.0 Å². The molecule has 3 nitrogen and oxygen atoms in total. The molecule has 1 saturated carbocycles. The van der Waals surface area contributed by atoms with Gasteiger partial charge in [0.05, 0.1) is 0 Å². The molecule has 1 atom stereocenters. The van der Waals surface area contributed by atoms with E-state index in [4.69, 9.17) is 10.8 Å². The van der Waals surface area contributed by atoms with E-state index in [0.717, 1.165) is 0 Å². The minimum absolute atomic E-state index is 0.170. The molecule has 3 N–H and O–H groups in total. The Bertz CT molecular complexity index is 278. The molecule has 15 heavy (non-hydrogen) atoms. The molecule has 0 spiro atoms. The molecule has 0 aromatic carbocycles. The van der Waals surface area contributed by atoms with Crippen LogP contribution in [0.3, 0.4) is 0 Å². The number of hydrogen-bond donors (Lipinski definition) is 2. The number of hydrogen-bond acceptors (Lipinski definition) is 2. The first kappa shape index (κ1) is 12.5. The zero-order valence-corrected chi connectivity index (χ0v) is 10.6. The lowest BCUT2D eigenvalue weighted by molar-refractivity contribution is -0.142. The zero-order chi connectivity index (χ0) is 12.2. The molecule has 1 unspecified atom stereocenters. The second-order valence-electron chi connectivity index (χ2n) is 6.51. The van der Waals surface area contributed by atoms with Gasteiger partial charge in [0.2, 0.25) is 0 Å². The molecule has 88 valence electrons. The quantitative estimate of drug-likeness (QED) is 0.754. The van der Waals surface area contributed by atoms with Crippen molar-refractivity contribution in [1.29, 1.82) is 0 Å². The summed E-state index contributed by atoms with van der Waals surface area (Å²) in [5.41, 5.74) is 5.76. The molecule has 0 aromatic rings. The second-order valence-corrected chi connectivity index (χ2v) is 6.51. The molecular formula is C12H23NO2. The average molecular weight is 213 g/mol. The summed E-state index contributed by atoms with van der Waals surface area (Å²) in [6, 6.07) is -0.788. The van der Waals surface area contributed by atoms with Crippen LogP contribution in [0.2, 0.25) is 0 Å². The van der Waals surface area contributed by atoms with Gasteiger partial charge in [-0.3, -0.25) is 4.79 Å². The van der Waals surface area contributed by atoms with Crippen LogP contribution in [0, 0.1) is 22.2 Å². The first-order valence-electron chi connectivity index (χ1n) is 5.45. The third-order valence-electron chi connectivity index (χ3n) is 4.83. The highest BCUT2D eigenvalue weighted by atomic mass is 16.4. The highest BCUT2D eigenvalue weighted by Crippen LogP contribution is 2.74. The molecule has 1 aliphatic carbocycles. The standard InChI is InChI=1S/C12H23NO2/c1-10(2,7(13)8(14)15)9-11(3,4)12(9,5)6/h7,9H,13H2,1-6H3,(H,14,15). The predicted octanol–water partition coefficient (Wildman–Crippen LogP) is 2.11. The molecule has 0 heterocycles. The Hall–Kier alpha value is -0.570. The molecule has 1 fully saturated rings. The van der Waals surface area contributed by atoms with Crippen LogP contribution in [-0.2, 0) is 4.79 Å². The normalized spacial score (nSPS) is 26.1. The maximum Gasteiger partial charge on any atom is 0.321 e. The van der Waals surface area contributed by atoms with Crippen molar-refractivity contribution in [2.24, 2.45) is 27.9 Å². The van der Waals surface area contributed by atoms with Gasteiger partial charge in [0.1, 0.15) is 6.04 Å². The van der Waals surface area contributed by atoms with Crippen LogP contribution < -0.4 is 5.73 Å². The zero-order valence-electron chi connectivity index (χ0n) is 10.6. The van der Waals surface area contributed by atoms with E-state index in [0.29, 0.717) is 5.92 Å². The molecule has 0 saturated heterocycles. The van der Waals surface area contributed by atoms with Crippen LogP contribution >= 0.6 is 0 Å². The summed E-state index contributed by atoms with van der Waals surface area (Å²) < 4.78 is 0. The van der Waals surface area contributed by atoms with Gasteiger partial charge in [-0.2, -0.15) is 0 Å². The van der Waals surface area contributed by atoms with Crippen molar-refractivity contribution < 1.29 is 9.90 Å². The van der Waals surface area contributed by atoms with E-state index in [2.05, 4.69) is 27.7 Å². The van der Waals surface area contributed by atoms with E-state index in [1.165, 1.54) is 0 Å². The largest absolute Gasteiger partial charge is 0.480 e. The van der Waals surface area contributed by atoms with Gasteiger partial charge in [-0.15, -0.1) is 0 Å². The summed E-state index contributed by atoms with van der Waals surface area (Å²) in [5, 5.41) is 9.01. The van der Waals surface area contributed by atoms with Crippen molar-refractivity contribution >= 4 is 5.97 Å². The van der Waals surface area contributed by atoms with Gasteiger partial charge in [0.25, 0.3) is 0 Å². The number of rotatable bonds is 3. The molecule has 0 amide bonds. The van der Waals surface area contributed by atoms with Crippen LogP contribution in [0.25, 0.3) is 0 Å². The van der Waals surface area contributed by atoms with Crippen LogP contribution in [-0.4, -0.2) is 17.1 Å². The van der Waals surface area contributed by atoms with Crippen LogP contribution in [0.4, 0.5) is 0 Å². The lowest BCUT2D eigenvalue weighted by Gasteiger charge is -2.31. The number of carbonyl (C=O) groups is 1. The van der Waals surface area contributed by atoms with Crippen LogP contribution in [0.1, 0.15) is 41.5 Å². The lowest BCUT2D eigenvalue weighted by atomic mass is 9.76. The van der Waals surface area contributed by atoms with E-state index in [9.17, 15) is 4.79 Å². The fourth-order valence-electron chi connectivity index (χ4n) is 3.55. The van der Waals surface area contributed by atoms with Crippen molar-refractivity contribution in [1.82, 2.24) is 0 Å². The third-order valence-corrected chi connectivity index (χ3v) is 4.83. The van der Waals surface area contributed by atoms with Gasteiger partial charge < -0.3 is 10.8 Å². The monoisotopic (exact) mass is 213 g/mol. The van der Waals surface area contributed by atoms with Crippen LogP contribution in [0.15, 0.2) is 0 Å². The predicted molar refractivity (Wildman–Crippen MR) is 60.4 cm³/mol. The summed E-state index contributed by atoms with van der Waals surface area (Å²) in [4.78, 5) is 11.0. The molecule has 0 radical (unpaired) electrons. The summed E-state index contributed by atoms with van der Waals surface area (Å²) >= 11 is 0. The number of carboxylic acids is 1. The topological polar surface area (TPSA) is 63.3 Å². The summed E-state index contributed by atoms with van der Waals surface area (Å²) in [7, 11) is 0. The number of nitrogens with two attached hydrogens (primary N) is 1. The highest BCUT2D eigenvalue weighted by molar-refractivity contribution is 5.74. The van der Waals surface area contributed by atoms with Crippen molar-refractivity contribution in [2.45, 2.75) is 47.6 Å². The fourth-order valence-corrected chi connectivity index (χ4v) is 3.55. The van der Waals surface area contributed by atoms with Crippen molar-refractivity contribution in [3.63, 3.8) is 0 Å². The van der Waals surface area contributed by atoms with Crippen molar-refractivity contribution in [2.75, 3.05) is 0 Å². The SMILES string of the molecule is CC(C)(C(N)C(=O)O)C1C(C)(C)C1(C)C. The highest BCUT2D eigenvalue weighted by Gasteiger charge is 2.70. The van der Waals surface area contributed by atoms with E-state index in [-0.39, 0.29) is 16.2 Å². The van der Waals surface area contributed by atoms with E-state index in [1.54, 1.807) is 0 Å². The molecule has 1 aliphatic rings. The maximum absolute atomic E-state index is 11.0. The van der Waals surface area contributed by atoms with Crippen molar-refractivity contribution in [3.8, 4) is 0 Å². The Morgan fingerprint density at radius 2 is 1.60 bits per heavy atom. The maximum atomic E-state index is 11.0. The first-order valence-corrected chi connectivity index (χ1v) is 5.45. The second kappa shape index (κ2) is 2.97. The van der Waals surface area contributed by atoms with Gasteiger partial charge in [0.15, 0.2) is 0 Å². The fraction of sp³-hybridized carbons (Fsp3) is 0.917. The van der Waals surface area contributed by atoms with E-state index < -0.39 is 12.0 Å². The van der Waals surface area contributed by atoms with E-state index in [1.807, 2.05) is 13.8 Å². The van der Waals surface area contributed by atoms with Crippen molar-refractivity contribution in [3.05, 3.63) is 0 Å². The Morgan fingerprint density at radius 1 is 1.27 bits per heavy atom. The lowest BCUT2D eigenvalue weighted by Crippen LogP contribution is -2.46. The third kappa shape index (κ3) is 1.48. The Balaban J connectivity index is 2.96. The molecule has 0 aliphatic heterocycles. The minimum Gasteiger partial charge on any atom is -0.480 e. The van der Waals surface area contributed by atoms with Gasteiger partial charge in [-0.1, -0.05) is 41.5 Å².